The molecule has 1 aliphatic carbocycles. The summed E-state index contributed by atoms with van der Waals surface area (Å²) in [6.07, 6.45) is -2.90. The molecule has 1 heterocycles. The summed E-state index contributed by atoms with van der Waals surface area (Å²) in [5.41, 5.74) is -0.892. The van der Waals surface area contributed by atoms with Gasteiger partial charge >= 0.3 is 18.0 Å². The number of alkyl halides is 3. The van der Waals surface area contributed by atoms with Crippen molar-refractivity contribution in [2.24, 2.45) is 0 Å². The van der Waals surface area contributed by atoms with E-state index in [1.165, 1.54) is 6.07 Å². The minimum absolute atomic E-state index is 0.0141. The van der Waals surface area contributed by atoms with Crippen LogP contribution in [0, 0.1) is 0 Å². The van der Waals surface area contributed by atoms with Crippen molar-refractivity contribution in [2.75, 3.05) is 6.61 Å². The van der Waals surface area contributed by atoms with Gasteiger partial charge in [0.2, 0.25) is 0 Å². The van der Waals surface area contributed by atoms with Crippen LogP contribution in [0.25, 0.3) is 11.5 Å². The van der Waals surface area contributed by atoms with Crippen LogP contribution in [0.5, 0.6) is 5.75 Å². The van der Waals surface area contributed by atoms with Crippen LogP contribution in [0.1, 0.15) is 36.0 Å². The highest BCUT2D eigenvalue weighted by atomic mass is 19.4. The van der Waals surface area contributed by atoms with Crippen LogP contribution in [0.2, 0.25) is 0 Å². The minimum Gasteiger partial charge on any atom is -0.490 e. The van der Waals surface area contributed by atoms with Crippen molar-refractivity contribution in [3.8, 4) is 17.2 Å². The number of aromatic nitrogens is 2. The first-order valence-corrected chi connectivity index (χ1v) is 7.27. The van der Waals surface area contributed by atoms with E-state index in [1.54, 1.807) is 6.92 Å². The van der Waals surface area contributed by atoms with Crippen molar-refractivity contribution in [3.63, 3.8) is 0 Å². The van der Waals surface area contributed by atoms with Crippen molar-refractivity contribution in [1.82, 2.24) is 10.2 Å². The van der Waals surface area contributed by atoms with Gasteiger partial charge in [-0.25, -0.2) is 4.79 Å². The zero-order valence-electron chi connectivity index (χ0n) is 12.6. The van der Waals surface area contributed by atoms with Gasteiger partial charge in [0.15, 0.2) is 0 Å². The van der Waals surface area contributed by atoms with Gasteiger partial charge in [-0.2, -0.15) is 13.2 Å². The van der Waals surface area contributed by atoms with Crippen molar-refractivity contribution in [2.45, 2.75) is 32.0 Å². The Kier molecular flexibility index (Phi) is 4.16. The van der Waals surface area contributed by atoms with Gasteiger partial charge in [-0.1, -0.05) is 0 Å². The first-order valence-electron chi connectivity index (χ1n) is 7.27. The molecule has 1 aromatic heterocycles. The van der Waals surface area contributed by atoms with Crippen molar-refractivity contribution < 1.29 is 31.9 Å². The third kappa shape index (κ3) is 3.50. The van der Waals surface area contributed by atoms with Crippen molar-refractivity contribution in [3.05, 3.63) is 29.7 Å². The first kappa shape index (κ1) is 16.3. The highest BCUT2D eigenvalue weighted by Gasteiger charge is 2.33. The van der Waals surface area contributed by atoms with Gasteiger partial charge in [0, 0.05) is 0 Å². The predicted molar refractivity (Wildman–Crippen MR) is 74.3 cm³/mol. The number of benzene rings is 1. The fourth-order valence-electron chi connectivity index (χ4n) is 1.95. The molecule has 2 aromatic rings. The lowest BCUT2D eigenvalue weighted by Gasteiger charge is -2.12. The van der Waals surface area contributed by atoms with Gasteiger partial charge in [0.05, 0.1) is 23.8 Å². The SMILES string of the molecule is CCOC(=O)c1nnc(-c2cc(C(F)(F)F)ccc2OC2CC2)o1. The van der Waals surface area contributed by atoms with Crippen LogP contribution in [0.15, 0.2) is 22.6 Å². The first-order chi connectivity index (χ1) is 11.4. The molecule has 0 unspecified atom stereocenters. The predicted octanol–water partition coefficient (Wildman–Crippen LogP) is 3.47. The highest BCUT2D eigenvalue weighted by molar-refractivity contribution is 5.84. The smallest absolute Gasteiger partial charge is 0.416 e. The number of ether oxygens (including phenoxy) is 2. The summed E-state index contributed by atoms with van der Waals surface area (Å²) in [7, 11) is 0. The van der Waals surface area contributed by atoms with E-state index in [2.05, 4.69) is 10.2 Å². The second-order valence-electron chi connectivity index (χ2n) is 5.16. The molecule has 3 rings (SSSR count). The standard InChI is InChI=1S/C15H13F3N2O4/c1-2-22-14(21)13-20-19-12(24-13)10-7-8(15(16,17)18)3-6-11(10)23-9-4-5-9/h3,6-7,9H,2,4-5H2,1H3. The van der Waals surface area contributed by atoms with Gasteiger partial charge < -0.3 is 13.9 Å². The summed E-state index contributed by atoms with van der Waals surface area (Å²) in [5, 5.41) is 7.15. The molecule has 24 heavy (non-hydrogen) atoms. The largest absolute Gasteiger partial charge is 0.490 e. The molecule has 1 aliphatic rings. The van der Waals surface area contributed by atoms with Crippen LogP contribution in [-0.2, 0) is 10.9 Å². The van der Waals surface area contributed by atoms with Crippen molar-refractivity contribution >= 4 is 5.97 Å². The summed E-state index contributed by atoms with van der Waals surface area (Å²) < 4.78 is 54.3. The number of carbonyl (C=O) groups excluding carboxylic acids is 1. The topological polar surface area (TPSA) is 74.5 Å². The number of hydrogen-bond donors (Lipinski definition) is 0. The Morgan fingerprint density at radius 2 is 2.08 bits per heavy atom. The van der Waals surface area contributed by atoms with Gasteiger partial charge in [-0.05, 0) is 38.0 Å². The van der Waals surface area contributed by atoms with Crippen LogP contribution in [-0.4, -0.2) is 28.9 Å². The lowest BCUT2D eigenvalue weighted by molar-refractivity contribution is -0.137. The summed E-state index contributed by atoms with van der Waals surface area (Å²) in [6, 6.07) is 2.99. The molecule has 0 atom stereocenters. The Labute approximate surface area is 134 Å². The number of carbonyl (C=O) groups is 1. The van der Waals surface area contributed by atoms with E-state index in [9.17, 15) is 18.0 Å². The minimum atomic E-state index is -4.53. The van der Waals surface area contributed by atoms with E-state index in [0.717, 1.165) is 25.0 Å². The van der Waals surface area contributed by atoms with Gasteiger partial charge in [0.25, 0.3) is 5.89 Å². The average molecular weight is 342 g/mol. The second-order valence-corrected chi connectivity index (χ2v) is 5.16. The van der Waals surface area contributed by atoms with E-state index >= 15 is 0 Å². The molecule has 0 saturated heterocycles. The number of nitrogens with zero attached hydrogens (tertiary/aromatic N) is 2. The Bertz CT molecular complexity index is 753. The molecular formula is C15H13F3N2O4. The van der Waals surface area contributed by atoms with Gasteiger partial charge in [-0.15, -0.1) is 10.2 Å². The number of halogens is 3. The quantitative estimate of drug-likeness (QED) is 0.775. The zero-order valence-corrected chi connectivity index (χ0v) is 12.6. The Morgan fingerprint density at radius 1 is 1.33 bits per heavy atom. The molecule has 9 heteroatoms. The lowest BCUT2D eigenvalue weighted by Crippen LogP contribution is -2.06. The fraction of sp³-hybridized carbons (Fsp3) is 0.400. The fourth-order valence-corrected chi connectivity index (χ4v) is 1.95. The van der Waals surface area contributed by atoms with E-state index in [-0.39, 0.29) is 29.9 Å². The normalized spacial score (nSPS) is 14.5. The van der Waals surface area contributed by atoms with Gasteiger partial charge in [0.1, 0.15) is 5.75 Å². The molecular weight excluding hydrogens is 329 g/mol. The Morgan fingerprint density at radius 3 is 2.71 bits per heavy atom. The maximum Gasteiger partial charge on any atom is 0.416 e. The van der Waals surface area contributed by atoms with Crippen LogP contribution in [0.4, 0.5) is 13.2 Å². The number of hydrogen-bond acceptors (Lipinski definition) is 6. The van der Waals surface area contributed by atoms with Crippen LogP contribution in [0.3, 0.4) is 0 Å². The van der Waals surface area contributed by atoms with Crippen LogP contribution < -0.4 is 4.74 Å². The lowest BCUT2D eigenvalue weighted by atomic mass is 10.1. The summed E-state index contributed by atoms with van der Waals surface area (Å²) >= 11 is 0. The highest BCUT2D eigenvalue weighted by Crippen LogP contribution is 2.39. The molecule has 1 fully saturated rings. The molecule has 6 nitrogen and oxygen atoms in total. The molecule has 0 bridgehead atoms. The molecule has 128 valence electrons. The maximum atomic E-state index is 12.9. The van der Waals surface area contributed by atoms with E-state index in [1.807, 2.05) is 0 Å². The molecule has 0 radical (unpaired) electrons. The van der Waals surface area contributed by atoms with E-state index in [4.69, 9.17) is 13.9 Å². The molecule has 0 amide bonds. The molecule has 0 aliphatic heterocycles. The van der Waals surface area contributed by atoms with Gasteiger partial charge in [-0.3, -0.25) is 0 Å². The third-order valence-electron chi connectivity index (χ3n) is 3.23. The van der Waals surface area contributed by atoms with Crippen LogP contribution >= 0.6 is 0 Å². The second kappa shape index (κ2) is 6.14. The summed E-state index contributed by atoms with van der Waals surface area (Å²) in [4.78, 5) is 11.6. The molecule has 0 N–H and O–H groups in total. The Balaban J connectivity index is 1.98. The third-order valence-corrected chi connectivity index (χ3v) is 3.23. The molecule has 0 spiro atoms. The van der Waals surface area contributed by atoms with Crippen molar-refractivity contribution in [1.29, 1.82) is 0 Å². The summed E-state index contributed by atoms with van der Waals surface area (Å²) in [5.74, 6) is -1.31. The monoisotopic (exact) mass is 342 g/mol. The summed E-state index contributed by atoms with van der Waals surface area (Å²) in [6.45, 7) is 1.71. The Hall–Kier alpha value is -2.58. The van der Waals surface area contributed by atoms with E-state index < -0.39 is 23.6 Å². The molecule has 1 saturated carbocycles. The number of esters is 1. The van der Waals surface area contributed by atoms with E-state index in [0.29, 0.717) is 0 Å². The maximum absolute atomic E-state index is 12.9. The molecule has 1 aromatic carbocycles. The average Bonchev–Trinajstić information content (AvgIpc) is 3.20. The zero-order chi connectivity index (χ0) is 17.3. The number of rotatable bonds is 5.